The number of hydrogen-bond acceptors (Lipinski definition) is 5. The van der Waals surface area contributed by atoms with Crippen LogP contribution < -0.4 is 5.32 Å². The molecule has 3 aromatic carbocycles. The maximum atomic E-state index is 12.7. The van der Waals surface area contributed by atoms with E-state index >= 15 is 0 Å². The first-order chi connectivity index (χ1) is 13.8. The van der Waals surface area contributed by atoms with Crippen LogP contribution in [0.25, 0.3) is 27.4 Å². The fourth-order valence-corrected chi connectivity index (χ4v) is 3.39. The van der Waals surface area contributed by atoms with E-state index in [2.05, 4.69) is 26.9 Å². The van der Waals surface area contributed by atoms with Crippen molar-refractivity contribution in [2.45, 2.75) is 6.42 Å². The van der Waals surface area contributed by atoms with Gasteiger partial charge in [-0.2, -0.15) is 0 Å². The Hall–Kier alpha value is -4.00. The fourth-order valence-electron chi connectivity index (χ4n) is 3.39. The van der Waals surface area contributed by atoms with Crippen molar-refractivity contribution in [1.82, 2.24) is 20.2 Å². The van der Waals surface area contributed by atoms with Crippen LogP contribution in [0.1, 0.15) is 5.56 Å². The second-order valence-corrected chi connectivity index (χ2v) is 6.45. The summed E-state index contributed by atoms with van der Waals surface area (Å²) in [5.41, 5.74) is 3.08. The molecule has 1 N–H and O–H groups in total. The number of carbonyl (C=O) groups excluding carboxylic acids is 1. The minimum atomic E-state index is -0.121. The zero-order valence-electron chi connectivity index (χ0n) is 14.7. The number of nitrogens with one attached hydrogen (secondary N) is 1. The van der Waals surface area contributed by atoms with Crippen molar-refractivity contribution >= 4 is 33.3 Å². The summed E-state index contributed by atoms with van der Waals surface area (Å²) in [4.78, 5) is 12.7. The van der Waals surface area contributed by atoms with E-state index in [1.54, 1.807) is 6.26 Å². The fraction of sp³-hybridized carbons (Fsp3) is 0.0476. The number of rotatable bonds is 4. The molecule has 0 saturated carbocycles. The summed E-state index contributed by atoms with van der Waals surface area (Å²) in [5.74, 6) is -0.121. The molecule has 2 aromatic heterocycles. The summed E-state index contributed by atoms with van der Waals surface area (Å²) in [5, 5.41) is 17.2. The van der Waals surface area contributed by atoms with Gasteiger partial charge in [0.15, 0.2) is 0 Å². The molecule has 2 heterocycles. The van der Waals surface area contributed by atoms with Crippen LogP contribution in [-0.2, 0) is 11.2 Å². The van der Waals surface area contributed by atoms with Gasteiger partial charge in [-0.05, 0) is 45.5 Å². The topological polar surface area (TPSA) is 85.8 Å². The molecule has 0 atom stereocenters. The quantitative estimate of drug-likeness (QED) is 0.521. The predicted octanol–water partition coefficient (Wildman–Crippen LogP) is 3.74. The molecular formula is C21H15N5O2. The van der Waals surface area contributed by atoms with E-state index in [1.807, 2.05) is 54.6 Å². The molecule has 5 rings (SSSR count). The Bertz CT molecular complexity index is 1290. The zero-order chi connectivity index (χ0) is 18.9. The van der Waals surface area contributed by atoms with Gasteiger partial charge in [0.1, 0.15) is 11.9 Å². The maximum absolute atomic E-state index is 12.7. The van der Waals surface area contributed by atoms with Crippen molar-refractivity contribution in [3.63, 3.8) is 0 Å². The zero-order valence-corrected chi connectivity index (χ0v) is 14.7. The van der Waals surface area contributed by atoms with Crippen molar-refractivity contribution < 1.29 is 9.21 Å². The van der Waals surface area contributed by atoms with E-state index in [0.717, 1.165) is 33.0 Å². The molecule has 1 amide bonds. The van der Waals surface area contributed by atoms with E-state index in [-0.39, 0.29) is 12.3 Å². The van der Waals surface area contributed by atoms with E-state index in [0.29, 0.717) is 5.69 Å². The molecule has 0 fully saturated rings. The largest absolute Gasteiger partial charge is 0.464 e. The molecular weight excluding hydrogens is 354 g/mol. The van der Waals surface area contributed by atoms with Crippen LogP contribution in [0, 0.1) is 0 Å². The monoisotopic (exact) mass is 369 g/mol. The Morgan fingerprint density at radius 2 is 2.00 bits per heavy atom. The summed E-state index contributed by atoms with van der Waals surface area (Å²) >= 11 is 0. The van der Waals surface area contributed by atoms with E-state index in [9.17, 15) is 4.79 Å². The van der Waals surface area contributed by atoms with Gasteiger partial charge < -0.3 is 9.73 Å². The van der Waals surface area contributed by atoms with Gasteiger partial charge in [0.25, 0.3) is 0 Å². The maximum Gasteiger partial charge on any atom is 0.228 e. The number of anilines is 1. The molecule has 0 radical (unpaired) electrons. The number of benzene rings is 3. The third-order valence-electron chi connectivity index (χ3n) is 4.63. The summed E-state index contributed by atoms with van der Waals surface area (Å²) in [7, 11) is 0. The normalized spacial score (nSPS) is 11.1. The summed E-state index contributed by atoms with van der Waals surface area (Å²) in [6, 6.07) is 19.4. The highest BCUT2D eigenvalue weighted by Crippen LogP contribution is 2.30. The molecule has 28 heavy (non-hydrogen) atoms. The Balaban J connectivity index is 1.42. The third-order valence-corrected chi connectivity index (χ3v) is 4.63. The number of aromatic nitrogens is 4. The first-order valence-corrected chi connectivity index (χ1v) is 8.79. The molecule has 0 bridgehead atoms. The first-order valence-electron chi connectivity index (χ1n) is 8.79. The lowest BCUT2D eigenvalue weighted by Crippen LogP contribution is -2.14. The van der Waals surface area contributed by atoms with Crippen LogP contribution in [-0.4, -0.2) is 26.1 Å². The number of fused-ring (bicyclic) bond motifs is 3. The van der Waals surface area contributed by atoms with Gasteiger partial charge in [0, 0.05) is 16.6 Å². The Kier molecular flexibility index (Phi) is 3.83. The molecule has 0 unspecified atom stereocenters. The molecule has 5 aromatic rings. The van der Waals surface area contributed by atoms with Gasteiger partial charge >= 0.3 is 0 Å². The highest BCUT2D eigenvalue weighted by Gasteiger charge is 2.13. The predicted molar refractivity (Wildman–Crippen MR) is 105 cm³/mol. The molecule has 7 nitrogen and oxygen atoms in total. The van der Waals surface area contributed by atoms with E-state index in [4.69, 9.17) is 4.42 Å². The van der Waals surface area contributed by atoms with Gasteiger partial charge in [0.05, 0.1) is 18.4 Å². The average molecular weight is 369 g/mol. The Morgan fingerprint density at radius 1 is 1.07 bits per heavy atom. The lowest BCUT2D eigenvalue weighted by molar-refractivity contribution is -0.115. The van der Waals surface area contributed by atoms with Crippen LogP contribution in [0.5, 0.6) is 0 Å². The van der Waals surface area contributed by atoms with Crippen LogP contribution >= 0.6 is 0 Å². The number of amides is 1. The molecule has 0 spiro atoms. The minimum Gasteiger partial charge on any atom is -0.464 e. The van der Waals surface area contributed by atoms with Gasteiger partial charge in [-0.15, -0.1) is 5.10 Å². The Labute approximate surface area is 159 Å². The highest BCUT2D eigenvalue weighted by atomic mass is 16.3. The Morgan fingerprint density at radius 3 is 2.89 bits per heavy atom. The number of carbonyl (C=O) groups is 1. The number of nitrogens with zero attached hydrogens (tertiary/aromatic N) is 4. The summed E-state index contributed by atoms with van der Waals surface area (Å²) in [6.45, 7) is 0. The van der Waals surface area contributed by atoms with Crippen molar-refractivity contribution in [3.8, 4) is 5.69 Å². The summed E-state index contributed by atoms with van der Waals surface area (Å²) < 4.78 is 7.20. The standard InChI is InChI=1S/C21H15N5O2/c27-20(23-16-5-3-6-17(11-16)26-13-22-24-25-26)10-15-12-28-19-9-8-14-4-1-2-7-18(14)21(15)19/h1-9,11-13H,10H2,(H,23,27). The van der Waals surface area contributed by atoms with Crippen LogP contribution in [0.4, 0.5) is 5.69 Å². The van der Waals surface area contributed by atoms with Crippen LogP contribution in [0.3, 0.4) is 0 Å². The van der Waals surface area contributed by atoms with Crippen molar-refractivity contribution in [1.29, 1.82) is 0 Å². The SMILES string of the molecule is O=C(Cc1coc2ccc3ccccc3c12)Nc1cccc(-n2cnnn2)c1. The van der Waals surface area contributed by atoms with Crippen molar-refractivity contribution in [2.24, 2.45) is 0 Å². The van der Waals surface area contributed by atoms with Gasteiger partial charge in [-0.3, -0.25) is 4.79 Å². The molecule has 7 heteroatoms. The molecule has 0 aliphatic heterocycles. The first kappa shape index (κ1) is 16.2. The molecule has 0 aliphatic carbocycles. The molecule has 136 valence electrons. The number of hydrogen-bond donors (Lipinski definition) is 1. The van der Waals surface area contributed by atoms with Crippen molar-refractivity contribution in [3.05, 3.63) is 78.8 Å². The second-order valence-electron chi connectivity index (χ2n) is 6.45. The lowest BCUT2D eigenvalue weighted by atomic mass is 10.0. The molecule has 0 saturated heterocycles. The number of tetrazole rings is 1. The molecule has 0 aliphatic rings. The highest BCUT2D eigenvalue weighted by molar-refractivity contribution is 6.09. The second kappa shape index (κ2) is 6.62. The van der Waals surface area contributed by atoms with Crippen LogP contribution in [0.15, 0.2) is 77.7 Å². The van der Waals surface area contributed by atoms with Gasteiger partial charge in [-0.25, -0.2) is 4.68 Å². The third kappa shape index (κ3) is 2.88. The lowest BCUT2D eigenvalue weighted by Gasteiger charge is -2.07. The number of furan rings is 1. The van der Waals surface area contributed by atoms with Gasteiger partial charge in [-0.1, -0.05) is 36.4 Å². The van der Waals surface area contributed by atoms with Crippen molar-refractivity contribution in [2.75, 3.05) is 5.32 Å². The van der Waals surface area contributed by atoms with Gasteiger partial charge in [0.2, 0.25) is 5.91 Å². The summed E-state index contributed by atoms with van der Waals surface area (Å²) in [6.07, 6.45) is 3.38. The smallest absolute Gasteiger partial charge is 0.228 e. The van der Waals surface area contributed by atoms with Crippen LogP contribution in [0.2, 0.25) is 0 Å². The van der Waals surface area contributed by atoms with E-state index in [1.165, 1.54) is 11.0 Å². The minimum absolute atomic E-state index is 0.121. The average Bonchev–Trinajstić information content (AvgIpc) is 3.39. The van der Waals surface area contributed by atoms with E-state index < -0.39 is 0 Å².